The Bertz CT molecular complexity index is 666. The molecule has 0 unspecified atom stereocenters. The van der Waals surface area contributed by atoms with E-state index in [1.54, 1.807) is 24.3 Å². The normalized spacial score (nSPS) is 9.68. The van der Waals surface area contributed by atoms with Gasteiger partial charge in [-0.3, -0.25) is 10.1 Å². The van der Waals surface area contributed by atoms with Crippen LogP contribution in [0, 0.1) is 21.4 Å². The summed E-state index contributed by atoms with van der Waals surface area (Å²) in [5.41, 5.74) is 0.645. The summed E-state index contributed by atoms with van der Waals surface area (Å²) in [7, 11) is 0. The second-order valence-electron chi connectivity index (χ2n) is 3.43. The van der Waals surface area contributed by atoms with Gasteiger partial charge in [-0.15, -0.1) is 0 Å². The molecule has 0 amide bonds. The number of nitrogens with zero attached hydrogens (tertiary/aromatic N) is 4. The van der Waals surface area contributed by atoms with Crippen LogP contribution < -0.4 is 5.32 Å². The minimum Gasteiger partial charge on any atom is -0.334 e. The van der Waals surface area contributed by atoms with Crippen LogP contribution in [0.2, 0.25) is 5.15 Å². The van der Waals surface area contributed by atoms with Crippen molar-refractivity contribution in [3.8, 4) is 6.07 Å². The number of benzene rings is 1. The van der Waals surface area contributed by atoms with Crippen molar-refractivity contribution in [1.82, 2.24) is 9.97 Å². The van der Waals surface area contributed by atoms with Crippen LogP contribution in [0.25, 0.3) is 0 Å². The molecule has 0 fully saturated rings. The molecule has 0 aliphatic carbocycles. The average Bonchev–Trinajstić information content (AvgIpc) is 2.39. The number of rotatable bonds is 3. The molecule has 19 heavy (non-hydrogen) atoms. The zero-order valence-electron chi connectivity index (χ0n) is 9.37. The van der Waals surface area contributed by atoms with Gasteiger partial charge in [0.15, 0.2) is 0 Å². The lowest BCUT2D eigenvalue weighted by molar-refractivity contribution is -0.384. The molecule has 2 rings (SSSR count). The van der Waals surface area contributed by atoms with Crippen molar-refractivity contribution in [3.05, 3.63) is 51.4 Å². The molecule has 2 aromatic rings. The summed E-state index contributed by atoms with van der Waals surface area (Å²) in [4.78, 5) is 17.6. The van der Waals surface area contributed by atoms with Gasteiger partial charge in [-0.2, -0.15) is 5.26 Å². The predicted octanol–water partition coefficient (Wildman–Crippen LogP) is 2.65. The van der Waals surface area contributed by atoms with Gasteiger partial charge in [0.25, 0.3) is 0 Å². The first-order valence-electron chi connectivity index (χ1n) is 5.04. The Balaban J connectivity index is 2.35. The van der Waals surface area contributed by atoms with Crippen LogP contribution in [0.15, 0.2) is 30.6 Å². The molecule has 94 valence electrons. The van der Waals surface area contributed by atoms with Crippen LogP contribution in [-0.2, 0) is 0 Å². The van der Waals surface area contributed by atoms with E-state index in [0.717, 1.165) is 6.33 Å². The van der Waals surface area contributed by atoms with Crippen LogP contribution in [-0.4, -0.2) is 14.9 Å². The fraction of sp³-hybridized carbons (Fsp3) is 0. The Hall–Kier alpha value is -2.72. The maximum atomic E-state index is 10.9. The first-order valence-corrected chi connectivity index (χ1v) is 5.41. The van der Waals surface area contributed by atoms with Gasteiger partial charge in [0, 0.05) is 5.69 Å². The third-order valence-electron chi connectivity index (χ3n) is 2.24. The molecule has 0 atom stereocenters. The maximum Gasteiger partial charge on any atom is 0.348 e. The number of anilines is 2. The minimum absolute atomic E-state index is 0.00490. The summed E-state index contributed by atoms with van der Waals surface area (Å²) >= 11 is 5.66. The SMILES string of the molecule is N#Cc1ccc(Nc2ncnc(Cl)c2[N+](=O)[O-])cc1. The molecule has 0 radical (unpaired) electrons. The molecule has 1 aromatic heterocycles. The van der Waals surface area contributed by atoms with E-state index in [1.165, 1.54) is 0 Å². The van der Waals surface area contributed by atoms with E-state index in [-0.39, 0.29) is 11.0 Å². The van der Waals surface area contributed by atoms with Crippen LogP contribution in [0.5, 0.6) is 0 Å². The number of nitro groups is 1. The van der Waals surface area contributed by atoms with E-state index in [4.69, 9.17) is 16.9 Å². The third kappa shape index (κ3) is 2.75. The third-order valence-corrected chi connectivity index (χ3v) is 2.51. The van der Waals surface area contributed by atoms with Crippen molar-refractivity contribution >= 4 is 28.8 Å². The van der Waals surface area contributed by atoms with Crippen molar-refractivity contribution in [2.45, 2.75) is 0 Å². The lowest BCUT2D eigenvalue weighted by Crippen LogP contribution is -2.01. The molecule has 1 heterocycles. The minimum atomic E-state index is -0.658. The molecule has 0 aliphatic heterocycles. The zero-order chi connectivity index (χ0) is 13.8. The summed E-state index contributed by atoms with van der Waals surface area (Å²) in [6.07, 6.45) is 1.13. The van der Waals surface area contributed by atoms with E-state index in [0.29, 0.717) is 11.3 Å². The number of hydrogen-bond acceptors (Lipinski definition) is 6. The molecule has 7 nitrogen and oxygen atoms in total. The molecular formula is C11H6ClN5O2. The molecule has 0 saturated carbocycles. The van der Waals surface area contributed by atoms with E-state index in [2.05, 4.69) is 15.3 Å². The Kier molecular flexibility index (Phi) is 3.54. The second kappa shape index (κ2) is 5.29. The molecule has 0 spiro atoms. The highest BCUT2D eigenvalue weighted by molar-refractivity contribution is 6.31. The summed E-state index contributed by atoms with van der Waals surface area (Å²) in [6, 6.07) is 8.35. The highest BCUT2D eigenvalue weighted by atomic mass is 35.5. The Morgan fingerprint density at radius 3 is 2.58 bits per heavy atom. The topological polar surface area (TPSA) is 105 Å². The largest absolute Gasteiger partial charge is 0.348 e. The fourth-order valence-electron chi connectivity index (χ4n) is 1.38. The Morgan fingerprint density at radius 1 is 1.32 bits per heavy atom. The fourth-order valence-corrected chi connectivity index (χ4v) is 1.58. The van der Waals surface area contributed by atoms with E-state index < -0.39 is 10.6 Å². The van der Waals surface area contributed by atoms with Gasteiger partial charge in [0.05, 0.1) is 16.6 Å². The molecule has 1 aromatic carbocycles. The lowest BCUT2D eigenvalue weighted by atomic mass is 10.2. The number of halogens is 1. The average molecular weight is 276 g/mol. The van der Waals surface area contributed by atoms with E-state index in [1.807, 2.05) is 6.07 Å². The highest BCUT2D eigenvalue weighted by Gasteiger charge is 2.21. The molecular weight excluding hydrogens is 270 g/mol. The van der Waals surface area contributed by atoms with E-state index >= 15 is 0 Å². The summed E-state index contributed by atoms with van der Waals surface area (Å²) in [5.74, 6) is -0.00490. The van der Waals surface area contributed by atoms with Crippen LogP contribution in [0.3, 0.4) is 0 Å². The van der Waals surface area contributed by atoms with Crippen LogP contribution in [0.4, 0.5) is 17.2 Å². The molecule has 1 N–H and O–H groups in total. The number of nitriles is 1. The molecule has 0 aliphatic rings. The highest BCUT2D eigenvalue weighted by Crippen LogP contribution is 2.30. The Morgan fingerprint density at radius 2 is 2.00 bits per heavy atom. The van der Waals surface area contributed by atoms with Crippen molar-refractivity contribution in [2.24, 2.45) is 0 Å². The zero-order valence-corrected chi connectivity index (χ0v) is 10.1. The van der Waals surface area contributed by atoms with Gasteiger partial charge in [-0.25, -0.2) is 9.97 Å². The summed E-state index contributed by atoms with van der Waals surface area (Å²) < 4.78 is 0. The first-order chi connectivity index (χ1) is 9.11. The number of nitrogens with one attached hydrogen (secondary N) is 1. The monoisotopic (exact) mass is 275 g/mol. The molecule has 0 saturated heterocycles. The van der Waals surface area contributed by atoms with Crippen LogP contribution in [0.1, 0.15) is 5.56 Å². The molecule has 0 bridgehead atoms. The van der Waals surface area contributed by atoms with E-state index in [9.17, 15) is 10.1 Å². The standard InChI is InChI=1S/C11H6ClN5O2/c12-10-9(17(18)19)11(15-6-14-10)16-8-3-1-7(5-13)2-4-8/h1-4,6H,(H,14,15,16). The van der Waals surface area contributed by atoms with Gasteiger partial charge in [-0.05, 0) is 24.3 Å². The number of hydrogen-bond donors (Lipinski definition) is 1. The van der Waals surface area contributed by atoms with Gasteiger partial charge in [0.1, 0.15) is 6.33 Å². The second-order valence-corrected chi connectivity index (χ2v) is 3.79. The summed E-state index contributed by atoms with van der Waals surface area (Å²) in [5, 5.41) is 22.1. The van der Waals surface area contributed by atoms with Crippen molar-refractivity contribution in [2.75, 3.05) is 5.32 Å². The predicted molar refractivity (Wildman–Crippen MR) is 68.1 cm³/mol. The van der Waals surface area contributed by atoms with Crippen molar-refractivity contribution < 1.29 is 4.92 Å². The number of aromatic nitrogens is 2. The lowest BCUT2D eigenvalue weighted by Gasteiger charge is -2.06. The van der Waals surface area contributed by atoms with Gasteiger partial charge < -0.3 is 5.32 Å². The summed E-state index contributed by atoms with van der Waals surface area (Å²) in [6.45, 7) is 0. The molecule has 8 heteroatoms. The van der Waals surface area contributed by atoms with Crippen LogP contribution >= 0.6 is 11.6 Å². The quantitative estimate of drug-likeness (QED) is 0.524. The van der Waals surface area contributed by atoms with Gasteiger partial charge in [-0.1, -0.05) is 11.6 Å². The first kappa shape index (κ1) is 12.7. The maximum absolute atomic E-state index is 10.9. The van der Waals surface area contributed by atoms with Gasteiger partial charge in [0.2, 0.25) is 11.0 Å². The smallest absolute Gasteiger partial charge is 0.334 e. The van der Waals surface area contributed by atoms with Crippen molar-refractivity contribution in [1.29, 1.82) is 5.26 Å². The van der Waals surface area contributed by atoms with Crippen molar-refractivity contribution in [3.63, 3.8) is 0 Å². The van der Waals surface area contributed by atoms with Gasteiger partial charge >= 0.3 is 5.69 Å². The Labute approximate surface area is 112 Å².